The number of fused-ring (bicyclic) bond motifs is 1. The Balaban J connectivity index is 2.22. The Morgan fingerprint density at radius 3 is 2.47 bits per heavy atom. The number of aromatic nitrogens is 3. The van der Waals surface area contributed by atoms with Gasteiger partial charge in [0.05, 0.1) is 5.69 Å². The Kier molecular flexibility index (Phi) is 1.98. The summed E-state index contributed by atoms with van der Waals surface area (Å²) in [5.74, 6) is 0. The molecule has 4 N–H and O–H groups in total. The molecule has 0 atom stereocenters. The molecule has 3 rings (SSSR count). The molecular formula is C12H11N5. The van der Waals surface area contributed by atoms with E-state index in [1.54, 1.807) is 12.1 Å². The molecule has 0 bridgehead atoms. The van der Waals surface area contributed by atoms with E-state index in [0.717, 1.165) is 16.7 Å². The molecule has 2 aromatic carbocycles. The molecule has 0 aliphatic rings. The first-order valence-corrected chi connectivity index (χ1v) is 5.21. The fourth-order valence-corrected chi connectivity index (χ4v) is 1.71. The second-order valence-electron chi connectivity index (χ2n) is 3.80. The van der Waals surface area contributed by atoms with Crippen molar-refractivity contribution in [3.05, 3.63) is 42.5 Å². The summed E-state index contributed by atoms with van der Waals surface area (Å²) in [4.78, 5) is 1.53. The van der Waals surface area contributed by atoms with Gasteiger partial charge >= 0.3 is 0 Å². The molecule has 0 saturated heterocycles. The molecular weight excluding hydrogens is 214 g/mol. The molecule has 84 valence electrons. The summed E-state index contributed by atoms with van der Waals surface area (Å²) in [6.45, 7) is 0. The lowest BCUT2D eigenvalue weighted by Gasteiger charge is -2.01. The third-order valence-electron chi connectivity index (χ3n) is 2.56. The highest BCUT2D eigenvalue weighted by molar-refractivity contribution is 5.78. The lowest BCUT2D eigenvalue weighted by molar-refractivity contribution is 0.768. The van der Waals surface area contributed by atoms with Gasteiger partial charge in [-0.1, -0.05) is 12.1 Å². The van der Waals surface area contributed by atoms with Gasteiger partial charge in [-0.05, 0) is 30.3 Å². The van der Waals surface area contributed by atoms with Crippen molar-refractivity contribution in [2.24, 2.45) is 0 Å². The molecule has 5 nitrogen and oxygen atoms in total. The fourth-order valence-electron chi connectivity index (χ4n) is 1.71. The Morgan fingerprint density at radius 1 is 0.882 bits per heavy atom. The van der Waals surface area contributed by atoms with Gasteiger partial charge in [0.2, 0.25) is 0 Å². The molecule has 3 aromatic rings. The van der Waals surface area contributed by atoms with Gasteiger partial charge in [0.1, 0.15) is 16.7 Å². The number of nitrogens with two attached hydrogens (primary N) is 2. The fraction of sp³-hybridized carbons (Fsp3) is 0. The number of para-hydroxylation sites is 2. The van der Waals surface area contributed by atoms with E-state index >= 15 is 0 Å². The minimum absolute atomic E-state index is 0.640. The molecule has 1 aromatic heterocycles. The standard InChI is InChI=1S/C12H11N5/c13-8-5-6-10-11(7-8)16-17(15-10)12-4-2-1-3-9(12)14/h1-7H,13-14H2. The van der Waals surface area contributed by atoms with E-state index in [1.807, 2.05) is 30.3 Å². The molecule has 0 radical (unpaired) electrons. The van der Waals surface area contributed by atoms with Crippen molar-refractivity contribution in [1.82, 2.24) is 15.0 Å². The van der Waals surface area contributed by atoms with E-state index in [0.29, 0.717) is 11.4 Å². The number of nitrogen functional groups attached to an aromatic ring is 2. The van der Waals surface area contributed by atoms with Crippen molar-refractivity contribution >= 4 is 22.4 Å². The zero-order chi connectivity index (χ0) is 11.8. The zero-order valence-corrected chi connectivity index (χ0v) is 9.04. The summed E-state index contributed by atoms with van der Waals surface area (Å²) >= 11 is 0. The topological polar surface area (TPSA) is 82.8 Å². The maximum absolute atomic E-state index is 5.88. The van der Waals surface area contributed by atoms with Crippen LogP contribution in [0.2, 0.25) is 0 Å². The first-order chi connectivity index (χ1) is 8.24. The normalized spacial score (nSPS) is 10.8. The Labute approximate surface area is 97.6 Å². The second-order valence-corrected chi connectivity index (χ2v) is 3.80. The van der Waals surface area contributed by atoms with Crippen LogP contribution in [0, 0.1) is 0 Å². The minimum Gasteiger partial charge on any atom is -0.399 e. The van der Waals surface area contributed by atoms with Gasteiger partial charge in [0.25, 0.3) is 0 Å². The SMILES string of the molecule is Nc1ccc2nn(-c3ccccc3N)nc2c1. The molecule has 0 spiro atoms. The van der Waals surface area contributed by atoms with E-state index in [1.165, 1.54) is 4.80 Å². The van der Waals surface area contributed by atoms with E-state index in [-0.39, 0.29) is 0 Å². The van der Waals surface area contributed by atoms with Crippen molar-refractivity contribution in [3.8, 4) is 5.69 Å². The molecule has 0 amide bonds. The lowest BCUT2D eigenvalue weighted by Crippen LogP contribution is -2.02. The van der Waals surface area contributed by atoms with Crippen molar-refractivity contribution in [1.29, 1.82) is 0 Å². The Morgan fingerprint density at radius 2 is 1.65 bits per heavy atom. The molecule has 0 saturated carbocycles. The highest BCUT2D eigenvalue weighted by atomic mass is 15.5. The van der Waals surface area contributed by atoms with Crippen LogP contribution in [0.5, 0.6) is 0 Å². The Hall–Kier alpha value is -2.56. The predicted molar refractivity (Wildman–Crippen MR) is 67.7 cm³/mol. The third kappa shape index (κ3) is 1.57. The van der Waals surface area contributed by atoms with Gasteiger partial charge in [0, 0.05) is 5.69 Å². The monoisotopic (exact) mass is 225 g/mol. The maximum atomic E-state index is 5.88. The smallest absolute Gasteiger partial charge is 0.115 e. The number of hydrogen-bond donors (Lipinski definition) is 2. The number of anilines is 2. The molecule has 0 aliphatic heterocycles. The molecule has 0 unspecified atom stereocenters. The highest BCUT2D eigenvalue weighted by Crippen LogP contribution is 2.18. The summed E-state index contributed by atoms with van der Waals surface area (Å²) in [6.07, 6.45) is 0. The van der Waals surface area contributed by atoms with E-state index < -0.39 is 0 Å². The first kappa shape index (κ1) is 9.65. The van der Waals surface area contributed by atoms with Gasteiger partial charge in [-0.2, -0.15) is 0 Å². The van der Waals surface area contributed by atoms with Crippen LogP contribution in [0.4, 0.5) is 11.4 Å². The van der Waals surface area contributed by atoms with Crippen molar-refractivity contribution in [3.63, 3.8) is 0 Å². The third-order valence-corrected chi connectivity index (χ3v) is 2.56. The van der Waals surface area contributed by atoms with Crippen LogP contribution in [-0.2, 0) is 0 Å². The summed E-state index contributed by atoms with van der Waals surface area (Å²) in [6, 6.07) is 12.9. The van der Waals surface area contributed by atoms with E-state index in [9.17, 15) is 0 Å². The quantitative estimate of drug-likeness (QED) is 0.616. The summed E-state index contributed by atoms with van der Waals surface area (Å²) in [5, 5.41) is 8.71. The van der Waals surface area contributed by atoms with Gasteiger partial charge in [-0.25, -0.2) is 0 Å². The number of nitrogens with zero attached hydrogens (tertiary/aromatic N) is 3. The van der Waals surface area contributed by atoms with Gasteiger partial charge in [-0.15, -0.1) is 15.0 Å². The van der Waals surface area contributed by atoms with Crippen LogP contribution in [0.25, 0.3) is 16.7 Å². The lowest BCUT2D eigenvalue weighted by atomic mass is 10.3. The van der Waals surface area contributed by atoms with Crippen LogP contribution in [-0.4, -0.2) is 15.0 Å². The summed E-state index contributed by atoms with van der Waals surface area (Å²) < 4.78 is 0. The average Bonchev–Trinajstić information content (AvgIpc) is 2.72. The number of hydrogen-bond acceptors (Lipinski definition) is 4. The van der Waals surface area contributed by atoms with E-state index in [2.05, 4.69) is 10.2 Å². The van der Waals surface area contributed by atoms with Crippen LogP contribution in [0.1, 0.15) is 0 Å². The van der Waals surface area contributed by atoms with Gasteiger partial charge < -0.3 is 11.5 Å². The summed E-state index contributed by atoms with van der Waals surface area (Å²) in [7, 11) is 0. The minimum atomic E-state index is 0.640. The Bertz CT molecular complexity index is 686. The summed E-state index contributed by atoms with van der Waals surface area (Å²) in [5.41, 5.74) is 15.2. The second kappa shape index (κ2) is 3.48. The van der Waals surface area contributed by atoms with Gasteiger partial charge in [0.15, 0.2) is 0 Å². The van der Waals surface area contributed by atoms with Crippen molar-refractivity contribution < 1.29 is 0 Å². The van der Waals surface area contributed by atoms with Crippen LogP contribution < -0.4 is 11.5 Å². The maximum Gasteiger partial charge on any atom is 0.115 e. The molecule has 0 fully saturated rings. The van der Waals surface area contributed by atoms with Gasteiger partial charge in [-0.3, -0.25) is 0 Å². The van der Waals surface area contributed by atoms with Crippen molar-refractivity contribution in [2.45, 2.75) is 0 Å². The van der Waals surface area contributed by atoms with Crippen LogP contribution in [0.15, 0.2) is 42.5 Å². The predicted octanol–water partition coefficient (Wildman–Crippen LogP) is 1.58. The largest absolute Gasteiger partial charge is 0.399 e. The molecule has 0 aliphatic carbocycles. The van der Waals surface area contributed by atoms with E-state index in [4.69, 9.17) is 11.5 Å². The zero-order valence-electron chi connectivity index (χ0n) is 9.04. The number of rotatable bonds is 1. The first-order valence-electron chi connectivity index (χ1n) is 5.21. The molecule has 17 heavy (non-hydrogen) atoms. The number of benzene rings is 2. The van der Waals surface area contributed by atoms with Crippen LogP contribution in [0.3, 0.4) is 0 Å². The molecule has 1 heterocycles. The highest BCUT2D eigenvalue weighted by Gasteiger charge is 2.06. The average molecular weight is 225 g/mol. The van der Waals surface area contributed by atoms with Crippen molar-refractivity contribution in [2.75, 3.05) is 11.5 Å². The molecule has 5 heteroatoms. The van der Waals surface area contributed by atoms with Crippen LogP contribution >= 0.6 is 0 Å².